The summed E-state index contributed by atoms with van der Waals surface area (Å²) in [6.45, 7) is 7.70. The number of anilines is 2. The van der Waals surface area contributed by atoms with Gasteiger partial charge in [-0.3, -0.25) is 9.69 Å². The maximum Gasteiger partial charge on any atom is 0.242 e. The Hall–Kier alpha value is -3.02. The number of benzene rings is 1. The summed E-state index contributed by atoms with van der Waals surface area (Å²) in [6, 6.07) is 6.08. The number of carbonyl (C=O) groups is 1. The molecule has 6 heteroatoms. The third-order valence-corrected chi connectivity index (χ3v) is 5.09. The number of amides is 1. The second kappa shape index (κ2) is 5.49. The second-order valence-electron chi connectivity index (χ2n) is 7.27. The van der Waals surface area contributed by atoms with Crippen LogP contribution in [0.4, 0.5) is 11.5 Å². The van der Waals surface area contributed by atoms with E-state index in [0.717, 1.165) is 34.0 Å². The third kappa shape index (κ3) is 2.33. The average Bonchev–Trinajstić information content (AvgIpc) is 3.03. The van der Waals surface area contributed by atoms with Crippen LogP contribution in [-0.4, -0.2) is 25.4 Å². The first-order valence-electron chi connectivity index (χ1n) is 8.57. The van der Waals surface area contributed by atoms with Crippen LogP contribution in [0.5, 0.6) is 0 Å². The first-order valence-corrected chi connectivity index (χ1v) is 8.57. The van der Waals surface area contributed by atoms with Crippen molar-refractivity contribution in [2.24, 2.45) is 7.05 Å². The predicted molar refractivity (Wildman–Crippen MR) is 100 cm³/mol. The van der Waals surface area contributed by atoms with Gasteiger partial charge in [-0.05, 0) is 44.9 Å². The van der Waals surface area contributed by atoms with Gasteiger partial charge >= 0.3 is 0 Å². The molecule has 0 atom stereocenters. The molecule has 0 N–H and O–H groups in total. The van der Waals surface area contributed by atoms with E-state index >= 15 is 0 Å². The lowest BCUT2D eigenvalue weighted by Crippen LogP contribution is -2.33. The Morgan fingerprint density at radius 2 is 1.73 bits per heavy atom. The summed E-state index contributed by atoms with van der Waals surface area (Å²) in [7, 11) is 1.93. The Morgan fingerprint density at radius 1 is 1.04 bits per heavy atom. The third-order valence-electron chi connectivity index (χ3n) is 5.09. The molecule has 1 aliphatic rings. The Kier molecular flexibility index (Phi) is 3.47. The Balaban J connectivity index is 1.88. The molecular formula is C20H21N5O. The van der Waals surface area contributed by atoms with Crippen molar-refractivity contribution < 1.29 is 4.79 Å². The summed E-state index contributed by atoms with van der Waals surface area (Å²) in [4.78, 5) is 28.0. The molecule has 132 valence electrons. The molecular weight excluding hydrogens is 326 g/mol. The SMILES string of the molecule is Cc1ncc(-c2ccc3c(c2)N(c2cn(C)c(C)n2)C(=O)C3(C)C)cn1. The number of fused-ring (bicyclic) bond motifs is 1. The van der Waals surface area contributed by atoms with E-state index in [1.807, 2.05) is 63.7 Å². The van der Waals surface area contributed by atoms with Crippen LogP contribution in [0.3, 0.4) is 0 Å². The molecule has 1 amide bonds. The van der Waals surface area contributed by atoms with Crippen molar-refractivity contribution in [3.63, 3.8) is 0 Å². The minimum absolute atomic E-state index is 0.0305. The van der Waals surface area contributed by atoms with Gasteiger partial charge in [-0.1, -0.05) is 12.1 Å². The summed E-state index contributed by atoms with van der Waals surface area (Å²) >= 11 is 0. The minimum atomic E-state index is -0.594. The average molecular weight is 347 g/mol. The summed E-state index contributed by atoms with van der Waals surface area (Å²) in [5.74, 6) is 2.28. The van der Waals surface area contributed by atoms with Crippen LogP contribution in [-0.2, 0) is 17.3 Å². The van der Waals surface area contributed by atoms with Gasteiger partial charge in [0, 0.05) is 31.2 Å². The minimum Gasteiger partial charge on any atom is -0.336 e. The molecule has 3 aromatic rings. The van der Waals surface area contributed by atoms with E-state index < -0.39 is 5.41 Å². The monoisotopic (exact) mass is 347 g/mol. The first-order chi connectivity index (χ1) is 12.3. The number of nitrogens with zero attached hydrogens (tertiary/aromatic N) is 5. The maximum atomic E-state index is 13.1. The molecule has 0 saturated heterocycles. The number of imidazole rings is 1. The zero-order valence-corrected chi connectivity index (χ0v) is 15.6. The smallest absolute Gasteiger partial charge is 0.242 e. The van der Waals surface area contributed by atoms with Crippen molar-refractivity contribution >= 4 is 17.4 Å². The van der Waals surface area contributed by atoms with E-state index in [9.17, 15) is 4.79 Å². The molecule has 2 aromatic heterocycles. The summed E-state index contributed by atoms with van der Waals surface area (Å²) < 4.78 is 1.92. The fourth-order valence-electron chi connectivity index (χ4n) is 3.35. The van der Waals surface area contributed by atoms with Crippen molar-refractivity contribution in [3.05, 3.63) is 54.0 Å². The summed E-state index contributed by atoms with van der Waals surface area (Å²) in [5.41, 5.74) is 3.18. The topological polar surface area (TPSA) is 63.9 Å². The van der Waals surface area contributed by atoms with Crippen LogP contribution < -0.4 is 4.90 Å². The van der Waals surface area contributed by atoms with Crippen molar-refractivity contribution in [2.75, 3.05) is 4.90 Å². The number of carbonyl (C=O) groups excluding carboxylic acids is 1. The van der Waals surface area contributed by atoms with Gasteiger partial charge in [-0.2, -0.15) is 0 Å². The maximum absolute atomic E-state index is 13.1. The highest BCUT2D eigenvalue weighted by atomic mass is 16.2. The quantitative estimate of drug-likeness (QED) is 0.712. The van der Waals surface area contributed by atoms with Gasteiger partial charge in [0.1, 0.15) is 11.6 Å². The summed E-state index contributed by atoms with van der Waals surface area (Å²) in [6.07, 6.45) is 5.50. The molecule has 4 rings (SSSR count). The van der Waals surface area contributed by atoms with Crippen molar-refractivity contribution in [3.8, 4) is 11.1 Å². The van der Waals surface area contributed by atoms with Gasteiger partial charge in [-0.25, -0.2) is 15.0 Å². The molecule has 1 aromatic carbocycles. The van der Waals surface area contributed by atoms with Crippen LogP contribution in [0.1, 0.15) is 31.1 Å². The molecule has 26 heavy (non-hydrogen) atoms. The van der Waals surface area contributed by atoms with Crippen LogP contribution in [0.25, 0.3) is 11.1 Å². The van der Waals surface area contributed by atoms with Crippen molar-refractivity contribution in [2.45, 2.75) is 33.1 Å². The van der Waals surface area contributed by atoms with Gasteiger partial charge in [0.05, 0.1) is 11.1 Å². The number of aryl methyl sites for hydroxylation is 3. The summed E-state index contributed by atoms with van der Waals surface area (Å²) in [5, 5.41) is 0. The van der Waals surface area contributed by atoms with Crippen LogP contribution in [0.15, 0.2) is 36.8 Å². The number of hydrogen-bond acceptors (Lipinski definition) is 4. The lowest BCUT2D eigenvalue weighted by atomic mass is 9.85. The Morgan fingerprint density at radius 3 is 2.35 bits per heavy atom. The fraction of sp³-hybridized carbons (Fsp3) is 0.300. The van der Waals surface area contributed by atoms with Gasteiger partial charge in [0.25, 0.3) is 0 Å². The zero-order valence-electron chi connectivity index (χ0n) is 15.6. The number of hydrogen-bond donors (Lipinski definition) is 0. The molecule has 3 heterocycles. The number of rotatable bonds is 2. The van der Waals surface area contributed by atoms with Crippen LogP contribution >= 0.6 is 0 Å². The highest BCUT2D eigenvalue weighted by molar-refractivity contribution is 6.12. The van der Waals surface area contributed by atoms with Crippen LogP contribution in [0.2, 0.25) is 0 Å². The van der Waals surface area contributed by atoms with Crippen molar-refractivity contribution in [1.29, 1.82) is 0 Å². The molecule has 0 radical (unpaired) electrons. The van der Waals surface area contributed by atoms with E-state index in [2.05, 4.69) is 15.0 Å². The van der Waals surface area contributed by atoms with Crippen molar-refractivity contribution in [1.82, 2.24) is 19.5 Å². The lowest BCUT2D eigenvalue weighted by molar-refractivity contribution is -0.121. The standard InChI is InChI=1S/C20H21N5O/c1-12-21-9-15(10-22-12)14-6-7-16-17(8-14)25(19(26)20(16,3)4)18-11-24(5)13(2)23-18/h6-11H,1-5H3. The predicted octanol–water partition coefficient (Wildman–Crippen LogP) is 3.45. The highest BCUT2D eigenvalue weighted by Gasteiger charge is 2.45. The molecule has 1 aliphatic heterocycles. The molecule has 0 unspecified atom stereocenters. The van der Waals surface area contributed by atoms with Crippen LogP contribution in [0, 0.1) is 13.8 Å². The van der Waals surface area contributed by atoms with E-state index in [4.69, 9.17) is 0 Å². The second-order valence-corrected chi connectivity index (χ2v) is 7.27. The van der Waals surface area contributed by atoms with Gasteiger partial charge in [-0.15, -0.1) is 0 Å². The Bertz CT molecular complexity index is 998. The zero-order chi connectivity index (χ0) is 18.6. The van der Waals surface area contributed by atoms with E-state index in [1.54, 1.807) is 17.3 Å². The molecule has 0 bridgehead atoms. The van der Waals surface area contributed by atoms with Gasteiger partial charge in [0.15, 0.2) is 5.82 Å². The molecule has 0 spiro atoms. The van der Waals surface area contributed by atoms with E-state index in [1.165, 1.54) is 0 Å². The van der Waals surface area contributed by atoms with E-state index in [0.29, 0.717) is 5.82 Å². The normalized spacial score (nSPS) is 15.4. The van der Waals surface area contributed by atoms with Gasteiger partial charge in [0.2, 0.25) is 5.91 Å². The highest BCUT2D eigenvalue weighted by Crippen LogP contribution is 2.46. The molecule has 0 fully saturated rings. The lowest BCUT2D eigenvalue weighted by Gasteiger charge is -2.18. The first kappa shape index (κ1) is 16.4. The number of aromatic nitrogens is 4. The fourth-order valence-corrected chi connectivity index (χ4v) is 3.35. The molecule has 0 saturated carbocycles. The molecule has 0 aliphatic carbocycles. The molecule has 6 nitrogen and oxygen atoms in total. The largest absolute Gasteiger partial charge is 0.336 e. The van der Waals surface area contributed by atoms with Gasteiger partial charge < -0.3 is 4.57 Å². The Labute approximate surface area is 152 Å². The van der Waals surface area contributed by atoms with E-state index in [-0.39, 0.29) is 5.91 Å².